The van der Waals surface area contributed by atoms with E-state index in [-0.39, 0.29) is 18.8 Å². The summed E-state index contributed by atoms with van der Waals surface area (Å²) in [5, 5.41) is 0. The maximum atomic E-state index is 10.5. The number of methoxy groups -OCH3 is 1. The van der Waals surface area contributed by atoms with Crippen LogP contribution in [0.4, 0.5) is 0 Å². The molecular weight excluding hydrogens is 332 g/mol. The molecule has 0 radical (unpaired) electrons. The molecule has 0 aliphatic rings. The molecule has 0 aliphatic heterocycles. The van der Waals surface area contributed by atoms with Gasteiger partial charge in [-0.15, -0.1) is 0 Å². The Morgan fingerprint density at radius 2 is 1.58 bits per heavy atom. The summed E-state index contributed by atoms with van der Waals surface area (Å²) in [5.74, 6) is 0.813. The molecule has 2 atom stereocenters. The summed E-state index contributed by atoms with van der Waals surface area (Å²) < 4.78 is 22.4. The monoisotopic (exact) mass is 358 g/mol. The standard InChI is InChI=1S/C21H26O5/c1-17(25-14-19-8-10-20(23-2)11-9-19)21(16-24-13-12-22)26-15-18-6-4-3-5-7-18/h3-12,17,21H,13-16H2,1-2H3/t17-,21+/m0/s1. The van der Waals surface area contributed by atoms with Crippen molar-refractivity contribution in [2.75, 3.05) is 20.3 Å². The molecule has 5 nitrogen and oxygen atoms in total. The predicted molar refractivity (Wildman–Crippen MR) is 99.1 cm³/mol. The molecule has 0 amide bonds. The highest BCUT2D eigenvalue weighted by atomic mass is 16.6. The van der Waals surface area contributed by atoms with E-state index in [4.69, 9.17) is 18.9 Å². The summed E-state index contributed by atoms with van der Waals surface area (Å²) in [6, 6.07) is 17.7. The average Bonchev–Trinajstić information content (AvgIpc) is 2.70. The van der Waals surface area contributed by atoms with Gasteiger partial charge in [-0.1, -0.05) is 42.5 Å². The molecule has 2 aromatic carbocycles. The average molecular weight is 358 g/mol. The lowest BCUT2D eigenvalue weighted by Gasteiger charge is -2.24. The first-order valence-electron chi connectivity index (χ1n) is 8.64. The van der Waals surface area contributed by atoms with Crippen molar-refractivity contribution in [1.82, 2.24) is 0 Å². The van der Waals surface area contributed by atoms with Crippen LogP contribution in [0.25, 0.3) is 0 Å². The number of aldehydes is 1. The molecule has 26 heavy (non-hydrogen) atoms. The van der Waals surface area contributed by atoms with Crippen LogP contribution >= 0.6 is 0 Å². The van der Waals surface area contributed by atoms with Crippen LogP contribution in [0.5, 0.6) is 5.75 Å². The minimum Gasteiger partial charge on any atom is -0.497 e. The highest BCUT2D eigenvalue weighted by Gasteiger charge is 2.19. The Labute approximate surface area is 154 Å². The van der Waals surface area contributed by atoms with Crippen molar-refractivity contribution in [2.45, 2.75) is 32.3 Å². The largest absolute Gasteiger partial charge is 0.497 e. The SMILES string of the molecule is COc1ccc(CO[C@@H](C)[C@@H](COCC=O)OCc2ccccc2)cc1. The van der Waals surface area contributed by atoms with Gasteiger partial charge in [-0.05, 0) is 30.2 Å². The number of benzene rings is 2. The molecule has 0 N–H and O–H groups in total. The third-order valence-electron chi connectivity index (χ3n) is 3.97. The van der Waals surface area contributed by atoms with Gasteiger partial charge in [0.05, 0.1) is 33.0 Å². The van der Waals surface area contributed by atoms with Crippen molar-refractivity contribution in [3.05, 3.63) is 65.7 Å². The summed E-state index contributed by atoms with van der Waals surface area (Å²) in [6.07, 6.45) is 0.276. The molecule has 0 spiro atoms. The first kappa shape index (κ1) is 20.1. The lowest BCUT2D eigenvalue weighted by molar-refractivity contribution is -0.122. The first-order chi connectivity index (χ1) is 12.7. The maximum Gasteiger partial charge on any atom is 0.145 e. The third-order valence-corrected chi connectivity index (χ3v) is 3.97. The van der Waals surface area contributed by atoms with E-state index in [0.29, 0.717) is 19.8 Å². The van der Waals surface area contributed by atoms with Gasteiger partial charge in [0, 0.05) is 0 Å². The number of hydrogen-bond donors (Lipinski definition) is 0. The zero-order valence-electron chi connectivity index (χ0n) is 15.3. The van der Waals surface area contributed by atoms with Gasteiger partial charge in [0.25, 0.3) is 0 Å². The second kappa shape index (κ2) is 11.4. The highest BCUT2D eigenvalue weighted by Crippen LogP contribution is 2.15. The Bertz CT molecular complexity index is 627. The Hall–Kier alpha value is -2.21. The van der Waals surface area contributed by atoms with Gasteiger partial charge in [0.2, 0.25) is 0 Å². The first-order valence-corrected chi connectivity index (χ1v) is 8.64. The van der Waals surface area contributed by atoms with Crippen molar-refractivity contribution in [2.24, 2.45) is 0 Å². The molecule has 0 saturated carbocycles. The smallest absolute Gasteiger partial charge is 0.145 e. The molecular formula is C21H26O5. The van der Waals surface area contributed by atoms with Crippen LogP contribution in [-0.4, -0.2) is 38.8 Å². The van der Waals surface area contributed by atoms with Crippen molar-refractivity contribution in [3.8, 4) is 5.75 Å². The minimum atomic E-state index is -0.270. The molecule has 2 rings (SSSR count). The van der Waals surface area contributed by atoms with E-state index >= 15 is 0 Å². The molecule has 0 saturated heterocycles. The minimum absolute atomic E-state index is 0.0520. The zero-order valence-corrected chi connectivity index (χ0v) is 15.3. The van der Waals surface area contributed by atoms with E-state index in [2.05, 4.69) is 0 Å². The predicted octanol–water partition coefficient (Wildman–Crippen LogP) is 3.40. The van der Waals surface area contributed by atoms with Gasteiger partial charge in [-0.3, -0.25) is 0 Å². The van der Waals surface area contributed by atoms with Crippen LogP contribution in [-0.2, 0) is 32.2 Å². The number of carbonyl (C=O) groups excluding carboxylic acids is 1. The van der Waals surface area contributed by atoms with Crippen molar-refractivity contribution in [3.63, 3.8) is 0 Å². The fourth-order valence-electron chi connectivity index (χ4n) is 2.39. The van der Waals surface area contributed by atoms with Crippen LogP contribution in [0.2, 0.25) is 0 Å². The highest BCUT2D eigenvalue weighted by molar-refractivity contribution is 5.50. The van der Waals surface area contributed by atoms with Crippen LogP contribution in [0.15, 0.2) is 54.6 Å². The summed E-state index contributed by atoms with van der Waals surface area (Å²) in [6.45, 7) is 3.23. The molecule has 140 valence electrons. The maximum absolute atomic E-state index is 10.5. The van der Waals surface area contributed by atoms with Crippen LogP contribution in [0.1, 0.15) is 18.1 Å². The second-order valence-corrected chi connectivity index (χ2v) is 5.90. The van der Waals surface area contributed by atoms with Crippen LogP contribution in [0, 0.1) is 0 Å². The van der Waals surface area contributed by atoms with Gasteiger partial charge in [-0.25, -0.2) is 0 Å². The van der Waals surface area contributed by atoms with Gasteiger partial charge in [-0.2, -0.15) is 0 Å². The topological polar surface area (TPSA) is 54.0 Å². The second-order valence-electron chi connectivity index (χ2n) is 5.90. The fraction of sp³-hybridized carbons (Fsp3) is 0.381. The summed E-state index contributed by atoms with van der Waals surface area (Å²) in [5.41, 5.74) is 2.13. The summed E-state index contributed by atoms with van der Waals surface area (Å²) in [4.78, 5) is 10.5. The van der Waals surface area contributed by atoms with E-state index in [1.54, 1.807) is 7.11 Å². The van der Waals surface area contributed by atoms with Gasteiger partial charge >= 0.3 is 0 Å². The van der Waals surface area contributed by atoms with Gasteiger partial charge < -0.3 is 23.7 Å². The summed E-state index contributed by atoms with van der Waals surface area (Å²) in [7, 11) is 1.64. The Morgan fingerprint density at radius 3 is 2.23 bits per heavy atom. The van der Waals surface area contributed by atoms with Crippen molar-refractivity contribution in [1.29, 1.82) is 0 Å². The van der Waals surface area contributed by atoms with Crippen LogP contribution < -0.4 is 4.74 Å². The Morgan fingerprint density at radius 1 is 0.923 bits per heavy atom. The number of hydrogen-bond acceptors (Lipinski definition) is 5. The van der Waals surface area contributed by atoms with Crippen molar-refractivity contribution < 1.29 is 23.7 Å². The molecule has 0 aromatic heterocycles. The van der Waals surface area contributed by atoms with E-state index in [1.165, 1.54) is 0 Å². The molecule has 0 bridgehead atoms. The normalized spacial score (nSPS) is 13.2. The molecule has 0 heterocycles. The number of carbonyl (C=O) groups is 1. The van der Waals surface area contributed by atoms with E-state index < -0.39 is 0 Å². The lowest BCUT2D eigenvalue weighted by Crippen LogP contribution is -2.33. The van der Waals surface area contributed by atoms with E-state index in [9.17, 15) is 4.79 Å². The molecule has 0 aliphatic carbocycles. The Kier molecular flexibility index (Phi) is 8.83. The van der Waals surface area contributed by atoms with Gasteiger partial charge in [0.15, 0.2) is 0 Å². The number of ether oxygens (including phenoxy) is 4. The van der Waals surface area contributed by atoms with Crippen LogP contribution in [0.3, 0.4) is 0 Å². The summed E-state index contributed by atoms with van der Waals surface area (Å²) >= 11 is 0. The number of rotatable bonds is 12. The Balaban J connectivity index is 1.87. The lowest BCUT2D eigenvalue weighted by atomic mass is 10.2. The zero-order chi connectivity index (χ0) is 18.6. The molecule has 0 fully saturated rings. The van der Waals surface area contributed by atoms with E-state index in [0.717, 1.165) is 23.2 Å². The van der Waals surface area contributed by atoms with E-state index in [1.807, 2.05) is 61.5 Å². The van der Waals surface area contributed by atoms with Gasteiger partial charge in [0.1, 0.15) is 24.7 Å². The third kappa shape index (κ3) is 6.96. The molecule has 0 unspecified atom stereocenters. The fourth-order valence-corrected chi connectivity index (χ4v) is 2.39. The van der Waals surface area contributed by atoms with Crippen molar-refractivity contribution >= 4 is 6.29 Å². The molecule has 5 heteroatoms. The molecule has 2 aromatic rings. The quantitative estimate of drug-likeness (QED) is 0.430.